The van der Waals surface area contributed by atoms with E-state index in [2.05, 4.69) is 15.3 Å². The molecule has 110 valence electrons. The first kappa shape index (κ1) is 14.4. The number of nitrogens with one attached hydrogen (secondary N) is 1. The lowest BCUT2D eigenvalue weighted by molar-refractivity contribution is -0.131. The highest BCUT2D eigenvalue weighted by atomic mass is 16.5. The summed E-state index contributed by atoms with van der Waals surface area (Å²) < 4.78 is 5.14. The number of ether oxygens (including phenoxy) is 1. The molecule has 3 N–H and O–H groups in total. The van der Waals surface area contributed by atoms with E-state index in [1.807, 2.05) is 4.90 Å². The molecule has 20 heavy (non-hydrogen) atoms. The zero-order valence-corrected chi connectivity index (χ0v) is 11.8. The van der Waals surface area contributed by atoms with Crippen LogP contribution >= 0.6 is 0 Å². The van der Waals surface area contributed by atoms with Gasteiger partial charge in [0.25, 0.3) is 0 Å². The van der Waals surface area contributed by atoms with E-state index in [1.165, 1.54) is 19.9 Å². The topological polar surface area (TPSA) is 93.4 Å². The van der Waals surface area contributed by atoms with Crippen LogP contribution in [-0.2, 0) is 4.79 Å². The molecule has 1 amide bonds. The number of anilines is 2. The van der Waals surface area contributed by atoms with Crippen LogP contribution in [0.15, 0.2) is 6.33 Å². The Labute approximate surface area is 118 Å². The fourth-order valence-corrected chi connectivity index (χ4v) is 2.30. The van der Waals surface area contributed by atoms with Gasteiger partial charge in [0.15, 0.2) is 11.6 Å². The second-order valence-electron chi connectivity index (χ2n) is 4.76. The van der Waals surface area contributed by atoms with Gasteiger partial charge >= 0.3 is 0 Å². The van der Waals surface area contributed by atoms with Gasteiger partial charge in [-0.3, -0.25) is 4.79 Å². The number of rotatable bonds is 5. The molecule has 0 atom stereocenters. The molecular formula is C13H21N5O2. The van der Waals surface area contributed by atoms with Crippen molar-refractivity contribution in [3.05, 3.63) is 6.33 Å². The van der Waals surface area contributed by atoms with Gasteiger partial charge < -0.3 is 20.7 Å². The SMILES string of the molecule is COc1c(N)ncnc1NCCC(=O)N1CCCCC1. The molecule has 2 heterocycles. The molecule has 0 unspecified atom stereocenters. The van der Waals surface area contributed by atoms with Crippen LogP contribution in [0.3, 0.4) is 0 Å². The number of nitrogens with zero attached hydrogens (tertiary/aromatic N) is 3. The molecule has 1 saturated heterocycles. The van der Waals surface area contributed by atoms with Crippen LogP contribution in [0.5, 0.6) is 5.75 Å². The minimum Gasteiger partial charge on any atom is -0.490 e. The van der Waals surface area contributed by atoms with Gasteiger partial charge in [-0.25, -0.2) is 9.97 Å². The minimum absolute atomic E-state index is 0.179. The Kier molecular flexibility index (Phi) is 4.97. The van der Waals surface area contributed by atoms with Crippen LogP contribution in [0.2, 0.25) is 0 Å². The number of hydrogen-bond donors (Lipinski definition) is 2. The summed E-state index contributed by atoms with van der Waals surface area (Å²) in [7, 11) is 1.51. The number of amides is 1. The van der Waals surface area contributed by atoms with Gasteiger partial charge in [0.2, 0.25) is 11.7 Å². The Balaban J connectivity index is 1.83. The van der Waals surface area contributed by atoms with E-state index in [0.29, 0.717) is 24.5 Å². The molecule has 1 aromatic rings. The molecule has 7 heteroatoms. The number of nitrogen functional groups attached to an aromatic ring is 1. The summed E-state index contributed by atoms with van der Waals surface area (Å²) in [6.45, 7) is 2.26. The lowest BCUT2D eigenvalue weighted by Crippen LogP contribution is -2.36. The predicted octanol–water partition coefficient (Wildman–Crippen LogP) is 0.882. The zero-order valence-electron chi connectivity index (χ0n) is 11.8. The van der Waals surface area contributed by atoms with Gasteiger partial charge in [-0.2, -0.15) is 0 Å². The highest BCUT2D eigenvalue weighted by Crippen LogP contribution is 2.26. The monoisotopic (exact) mass is 279 g/mol. The van der Waals surface area contributed by atoms with E-state index < -0.39 is 0 Å². The third kappa shape index (κ3) is 3.49. The van der Waals surface area contributed by atoms with Crippen LogP contribution in [0.1, 0.15) is 25.7 Å². The van der Waals surface area contributed by atoms with Gasteiger partial charge in [0, 0.05) is 26.1 Å². The third-order valence-electron chi connectivity index (χ3n) is 3.38. The number of carbonyl (C=O) groups excluding carboxylic acids is 1. The third-order valence-corrected chi connectivity index (χ3v) is 3.38. The van der Waals surface area contributed by atoms with Crippen LogP contribution in [0.25, 0.3) is 0 Å². The standard InChI is InChI=1S/C13H21N5O2/c1-20-11-12(14)16-9-17-13(11)15-6-5-10(19)18-7-3-2-4-8-18/h9H,2-8H2,1H3,(H3,14,15,16,17). The van der Waals surface area contributed by atoms with Gasteiger partial charge in [0.05, 0.1) is 7.11 Å². The zero-order chi connectivity index (χ0) is 14.4. The maximum atomic E-state index is 12.0. The largest absolute Gasteiger partial charge is 0.490 e. The maximum Gasteiger partial charge on any atom is 0.224 e. The van der Waals surface area contributed by atoms with Crippen molar-refractivity contribution in [1.29, 1.82) is 0 Å². The smallest absolute Gasteiger partial charge is 0.224 e. The van der Waals surface area contributed by atoms with E-state index in [0.717, 1.165) is 25.9 Å². The average molecular weight is 279 g/mol. The summed E-state index contributed by atoms with van der Waals surface area (Å²) >= 11 is 0. The predicted molar refractivity (Wildman–Crippen MR) is 76.5 cm³/mol. The van der Waals surface area contributed by atoms with Crippen LogP contribution in [-0.4, -0.2) is 47.5 Å². The number of methoxy groups -OCH3 is 1. The maximum absolute atomic E-state index is 12.0. The molecule has 1 fully saturated rings. The van der Waals surface area contributed by atoms with Crippen molar-refractivity contribution in [2.45, 2.75) is 25.7 Å². The number of carbonyl (C=O) groups is 1. The molecule has 0 radical (unpaired) electrons. The number of nitrogens with two attached hydrogens (primary N) is 1. The van der Waals surface area contributed by atoms with Gasteiger partial charge in [0.1, 0.15) is 6.33 Å². The summed E-state index contributed by atoms with van der Waals surface area (Å²) in [6.07, 6.45) is 5.24. The number of hydrogen-bond acceptors (Lipinski definition) is 6. The Morgan fingerprint density at radius 1 is 1.40 bits per heavy atom. The number of likely N-dealkylation sites (tertiary alicyclic amines) is 1. The molecule has 1 aromatic heterocycles. The fourth-order valence-electron chi connectivity index (χ4n) is 2.30. The van der Waals surface area contributed by atoms with Crippen LogP contribution in [0.4, 0.5) is 11.6 Å². The van der Waals surface area contributed by atoms with E-state index in [9.17, 15) is 4.79 Å². The Hall–Kier alpha value is -2.05. The van der Waals surface area contributed by atoms with Crippen molar-refractivity contribution in [3.8, 4) is 5.75 Å². The molecule has 0 aliphatic carbocycles. The molecule has 1 aliphatic rings. The first-order chi connectivity index (χ1) is 9.72. The first-order valence-electron chi connectivity index (χ1n) is 6.88. The average Bonchev–Trinajstić information content (AvgIpc) is 2.48. The molecule has 2 rings (SSSR count). The number of aromatic nitrogens is 2. The Bertz CT molecular complexity index is 460. The minimum atomic E-state index is 0.179. The summed E-state index contributed by atoms with van der Waals surface area (Å²) in [5.41, 5.74) is 5.69. The van der Waals surface area contributed by atoms with Gasteiger partial charge in [-0.05, 0) is 19.3 Å². The van der Waals surface area contributed by atoms with Crippen molar-refractivity contribution in [1.82, 2.24) is 14.9 Å². The second-order valence-corrected chi connectivity index (χ2v) is 4.76. The Morgan fingerprint density at radius 2 is 2.15 bits per heavy atom. The van der Waals surface area contributed by atoms with E-state index in [1.54, 1.807) is 0 Å². The first-order valence-corrected chi connectivity index (χ1v) is 6.88. The highest BCUT2D eigenvalue weighted by Gasteiger charge is 2.16. The lowest BCUT2D eigenvalue weighted by Gasteiger charge is -2.26. The Morgan fingerprint density at radius 3 is 2.85 bits per heavy atom. The van der Waals surface area contributed by atoms with E-state index in [-0.39, 0.29) is 11.7 Å². The van der Waals surface area contributed by atoms with Crippen LogP contribution < -0.4 is 15.8 Å². The molecule has 0 spiro atoms. The summed E-state index contributed by atoms with van der Waals surface area (Å²) in [4.78, 5) is 21.9. The summed E-state index contributed by atoms with van der Waals surface area (Å²) in [5.74, 6) is 1.40. The van der Waals surface area contributed by atoms with Crippen molar-refractivity contribution in [3.63, 3.8) is 0 Å². The highest BCUT2D eigenvalue weighted by molar-refractivity contribution is 5.77. The molecule has 1 aliphatic heterocycles. The second kappa shape index (κ2) is 6.93. The van der Waals surface area contributed by atoms with Crippen molar-refractivity contribution >= 4 is 17.5 Å². The fraction of sp³-hybridized carbons (Fsp3) is 0.615. The molecule has 0 saturated carbocycles. The summed E-state index contributed by atoms with van der Waals surface area (Å²) in [5, 5.41) is 3.07. The van der Waals surface area contributed by atoms with E-state index in [4.69, 9.17) is 10.5 Å². The van der Waals surface area contributed by atoms with Crippen molar-refractivity contribution in [2.75, 3.05) is 37.8 Å². The summed E-state index contributed by atoms with van der Waals surface area (Å²) in [6, 6.07) is 0. The molecule has 0 bridgehead atoms. The van der Waals surface area contributed by atoms with Crippen molar-refractivity contribution in [2.24, 2.45) is 0 Å². The molecule has 0 aromatic carbocycles. The van der Waals surface area contributed by atoms with E-state index >= 15 is 0 Å². The van der Waals surface area contributed by atoms with Crippen molar-refractivity contribution < 1.29 is 9.53 Å². The quantitative estimate of drug-likeness (QED) is 0.831. The van der Waals surface area contributed by atoms with Crippen LogP contribution in [0, 0.1) is 0 Å². The lowest BCUT2D eigenvalue weighted by atomic mass is 10.1. The molecule has 7 nitrogen and oxygen atoms in total. The van der Waals surface area contributed by atoms with Gasteiger partial charge in [-0.15, -0.1) is 0 Å². The normalized spacial score (nSPS) is 14.9. The molecular weight excluding hydrogens is 258 g/mol. The number of piperidine rings is 1. The van der Waals surface area contributed by atoms with Gasteiger partial charge in [-0.1, -0.05) is 0 Å².